The van der Waals surface area contributed by atoms with Gasteiger partial charge >= 0.3 is 0 Å². The van der Waals surface area contributed by atoms with Crippen molar-refractivity contribution in [2.75, 3.05) is 19.6 Å². The summed E-state index contributed by atoms with van der Waals surface area (Å²) in [7, 11) is 0. The molecule has 0 aromatic carbocycles. The Morgan fingerprint density at radius 1 is 1.17 bits per heavy atom. The van der Waals surface area contributed by atoms with Crippen LogP contribution in [0, 0.1) is 5.92 Å². The SMILES string of the molecule is CCC(C)C1CN(C(CC)(CC)CC)CCCN1. The van der Waals surface area contributed by atoms with E-state index in [2.05, 4.69) is 44.8 Å². The molecule has 1 rings (SSSR count). The molecule has 0 spiro atoms. The summed E-state index contributed by atoms with van der Waals surface area (Å²) in [4.78, 5) is 2.80. The number of rotatable bonds is 6. The zero-order valence-corrected chi connectivity index (χ0v) is 13.3. The van der Waals surface area contributed by atoms with Gasteiger partial charge in [-0.2, -0.15) is 0 Å². The Morgan fingerprint density at radius 2 is 1.78 bits per heavy atom. The first kappa shape index (κ1) is 16.0. The van der Waals surface area contributed by atoms with Crippen LogP contribution < -0.4 is 5.32 Å². The summed E-state index contributed by atoms with van der Waals surface area (Å²) in [5, 5.41) is 3.76. The molecule has 1 fully saturated rings. The summed E-state index contributed by atoms with van der Waals surface area (Å²) in [6.07, 6.45) is 6.44. The van der Waals surface area contributed by atoms with Crippen molar-refractivity contribution in [3.05, 3.63) is 0 Å². The number of hydrogen-bond acceptors (Lipinski definition) is 2. The minimum atomic E-state index is 0.442. The van der Waals surface area contributed by atoms with Gasteiger partial charge in [0.2, 0.25) is 0 Å². The third-order valence-electron chi connectivity index (χ3n) is 5.40. The summed E-state index contributed by atoms with van der Waals surface area (Å²) < 4.78 is 0. The van der Waals surface area contributed by atoms with Crippen molar-refractivity contribution in [1.29, 1.82) is 0 Å². The highest BCUT2D eigenvalue weighted by Crippen LogP contribution is 2.29. The van der Waals surface area contributed by atoms with Gasteiger partial charge in [-0.3, -0.25) is 4.90 Å². The van der Waals surface area contributed by atoms with E-state index in [0.717, 1.165) is 5.92 Å². The van der Waals surface area contributed by atoms with Gasteiger partial charge in [0, 0.05) is 18.1 Å². The Labute approximate surface area is 115 Å². The molecule has 0 saturated carbocycles. The van der Waals surface area contributed by atoms with Crippen LogP contribution in [0.25, 0.3) is 0 Å². The van der Waals surface area contributed by atoms with Crippen LogP contribution in [-0.2, 0) is 0 Å². The van der Waals surface area contributed by atoms with Gasteiger partial charge in [-0.25, -0.2) is 0 Å². The van der Waals surface area contributed by atoms with Crippen LogP contribution in [0.1, 0.15) is 66.7 Å². The van der Waals surface area contributed by atoms with E-state index in [0.29, 0.717) is 11.6 Å². The zero-order chi connectivity index (χ0) is 13.6. The number of hydrogen-bond donors (Lipinski definition) is 1. The van der Waals surface area contributed by atoms with Crippen molar-refractivity contribution in [2.45, 2.75) is 78.3 Å². The van der Waals surface area contributed by atoms with E-state index in [1.165, 1.54) is 51.7 Å². The molecule has 2 unspecified atom stereocenters. The van der Waals surface area contributed by atoms with E-state index < -0.39 is 0 Å². The minimum Gasteiger partial charge on any atom is -0.312 e. The average molecular weight is 254 g/mol. The third kappa shape index (κ3) is 3.48. The molecule has 2 atom stereocenters. The van der Waals surface area contributed by atoms with Crippen LogP contribution in [0.4, 0.5) is 0 Å². The topological polar surface area (TPSA) is 15.3 Å². The van der Waals surface area contributed by atoms with Crippen molar-refractivity contribution in [3.8, 4) is 0 Å². The monoisotopic (exact) mass is 254 g/mol. The molecule has 0 aliphatic carbocycles. The maximum Gasteiger partial charge on any atom is 0.0220 e. The zero-order valence-electron chi connectivity index (χ0n) is 13.3. The fourth-order valence-corrected chi connectivity index (χ4v) is 3.47. The summed E-state index contributed by atoms with van der Waals surface area (Å²) in [5.41, 5.74) is 0.442. The minimum absolute atomic E-state index is 0.442. The third-order valence-corrected chi connectivity index (χ3v) is 5.40. The average Bonchev–Trinajstić information content (AvgIpc) is 2.67. The smallest absolute Gasteiger partial charge is 0.0220 e. The van der Waals surface area contributed by atoms with Gasteiger partial charge in [-0.05, 0) is 44.7 Å². The van der Waals surface area contributed by atoms with E-state index in [-0.39, 0.29) is 0 Å². The van der Waals surface area contributed by atoms with Crippen molar-refractivity contribution in [2.24, 2.45) is 5.92 Å². The lowest BCUT2D eigenvalue weighted by molar-refractivity contribution is 0.0657. The van der Waals surface area contributed by atoms with E-state index in [1.807, 2.05) is 0 Å². The van der Waals surface area contributed by atoms with Gasteiger partial charge < -0.3 is 5.32 Å². The van der Waals surface area contributed by atoms with Crippen LogP contribution >= 0.6 is 0 Å². The molecule has 108 valence electrons. The number of nitrogens with one attached hydrogen (secondary N) is 1. The van der Waals surface area contributed by atoms with Gasteiger partial charge in [0.25, 0.3) is 0 Å². The standard InChI is InChI=1S/C16H34N2/c1-6-14(5)15-13-18(12-10-11-17-15)16(7-2,8-3)9-4/h14-15,17H,6-13H2,1-5H3. The molecule has 1 saturated heterocycles. The molecule has 1 aliphatic rings. The Kier molecular flexibility index (Phi) is 6.65. The summed E-state index contributed by atoms with van der Waals surface area (Å²) >= 11 is 0. The second-order valence-electron chi connectivity index (χ2n) is 6.03. The van der Waals surface area contributed by atoms with E-state index >= 15 is 0 Å². The lowest BCUT2D eigenvalue weighted by Gasteiger charge is -2.44. The molecule has 0 radical (unpaired) electrons. The fourth-order valence-electron chi connectivity index (χ4n) is 3.47. The first-order valence-electron chi connectivity index (χ1n) is 8.11. The second-order valence-corrected chi connectivity index (χ2v) is 6.03. The molecule has 1 N–H and O–H groups in total. The molecule has 1 aliphatic heterocycles. The quantitative estimate of drug-likeness (QED) is 0.778. The molecule has 0 bridgehead atoms. The van der Waals surface area contributed by atoms with Gasteiger partial charge in [-0.15, -0.1) is 0 Å². The van der Waals surface area contributed by atoms with Crippen LogP contribution in [0.2, 0.25) is 0 Å². The molecule has 2 nitrogen and oxygen atoms in total. The molecular weight excluding hydrogens is 220 g/mol. The molecule has 18 heavy (non-hydrogen) atoms. The summed E-state index contributed by atoms with van der Waals surface area (Å²) in [6, 6.07) is 0.682. The highest BCUT2D eigenvalue weighted by atomic mass is 15.2. The lowest BCUT2D eigenvalue weighted by atomic mass is 9.86. The largest absolute Gasteiger partial charge is 0.312 e. The van der Waals surface area contributed by atoms with Gasteiger partial charge in [0.1, 0.15) is 0 Å². The van der Waals surface area contributed by atoms with Crippen LogP contribution in [0.3, 0.4) is 0 Å². The first-order valence-corrected chi connectivity index (χ1v) is 8.11. The van der Waals surface area contributed by atoms with Gasteiger partial charge in [0.15, 0.2) is 0 Å². The summed E-state index contributed by atoms with van der Waals surface area (Å²) in [5.74, 6) is 0.786. The highest BCUT2D eigenvalue weighted by Gasteiger charge is 2.34. The van der Waals surface area contributed by atoms with Crippen LogP contribution in [0.15, 0.2) is 0 Å². The van der Waals surface area contributed by atoms with Gasteiger partial charge in [0.05, 0.1) is 0 Å². The molecule has 0 aromatic heterocycles. The van der Waals surface area contributed by atoms with Crippen molar-refractivity contribution in [1.82, 2.24) is 10.2 Å². The molecule has 1 heterocycles. The predicted octanol–water partition coefficient (Wildman–Crippen LogP) is 3.67. The predicted molar refractivity (Wildman–Crippen MR) is 81.0 cm³/mol. The molecule has 2 heteroatoms. The highest BCUT2D eigenvalue weighted by molar-refractivity contribution is 4.92. The van der Waals surface area contributed by atoms with Crippen LogP contribution in [0.5, 0.6) is 0 Å². The Bertz CT molecular complexity index is 215. The van der Waals surface area contributed by atoms with Crippen molar-refractivity contribution < 1.29 is 0 Å². The van der Waals surface area contributed by atoms with Gasteiger partial charge in [-0.1, -0.05) is 41.0 Å². The molecule has 0 amide bonds. The van der Waals surface area contributed by atoms with Crippen LogP contribution in [-0.4, -0.2) is 36.1 Å². The van der Waals surface area contributed by atoms with E-state index in [4.69, 9.17) is 0 Å². The number of nitrogens with zero attached hydrogens (tertiary/aromatic N) is 1. The lowest BCUT2D eigenvalue weighted by Crippen LogP contribution is -2.52. The normalized spacial score (nSPS) is 24.8. The van der Waals surface area contributed by atoms with E-state index in [1.54, 1.807) is 0 Å². The second kappa shape index (κ2) is 7.49. The maximum absolute atomic E-state index is 3.76. The Balaban J connectivity index is 2.79. The Morgan fingerprint density at radius 3 is 2.28 bits per heavy atom. The molecular formula is C16H34N2. The van der Waals surface area contributed by atoms with E-state index in [9.17, 15) is 0 Å². The Hall–Kier alpha value is -0.0800. The molecule has 0 aromatic rings. The first-order chi connectivity index (χ1) is 8.63. The van der Waals surface area contributed by atoms with Crippen molar-refractivity contribution in [3.63, 3.8) is 0 Å². The van der Waals surface area contributed by atoms with Crippen molar-refractivity contribution >= 4 is 0 Å². The fraction of sp³-hybridized carbons (Fsp3) is 1.00. The summed E-state index contributed by atoms with van der Waals surface area (Å²) in [6.45, 7) is 15.5. The maximum atomic E-state index is 3.76.